The van der Waals surface area contributed by atoms with Gasteiger partial charge in [-0.2, -0.15) is 0 Å². The summed E-state index contributed by atoms with van der Waals surface area (Å²) in [7, 11) is 6.46. The van der Waals surface area contributed by atoms with Gasteiger partial charge in [0, 0.05) is 18.5 Å². The quantitative estimate of drug-likeness (QED) is 0.531. The monoisotopic (exact) mass is 425 g/mol. The topological polar surface area (TPSA) is 79.2 Å². The van der Waals surface area contributed by atoms with Gasteiger partial charge in [0.15, 0.2) is 5.76 Å². The van der Waals surface area contributed by atoms with E-state index >= 15 is 0 Å². The molecule has 164 valence electrons. The Morgan fingerprint density at radius 1 is 0.806 bits per heavy atom. The van der Waals surface area contributed by atoms with Crippen molar-refractivity contribution < 1.29 is 28.2 Å². The van der Waals surface area contributed by atoms with E-state index in [-0.39, 0.29) is 11.7 Å². The minimum Gasteiger partial charge on any atom is -0.497 e. The predicted octanol–water partition coefficient (Wildman–Crippen LogP) is 3.88. The van der Waals surface area contributed by atoms with Gasteiger partial charge in [-0.1, -0.05) is 0 Å². The highest BCUT2D eigenvalue weighted by Gasteiger charge is 2.14. The number of nitrogens with one attached hydrogen (secondary N) is 1. The van der Waals surface area contributed by atoms with Gasteiger partial charge in [0.2, 0.25) is 0 Å². The zero-order valence-corrected chi connectivity index (χ0v) is 18.2. The molecule has 0 saturated carbocycles. The summed E-state index contributed by atoms with van der Waals surface area (Å²) < 4.78 is 27.1. The van der Waals surface area contributed by atoms with E-state index in [2.05, 4.69) is 5.32 Å². The van der Waals surface area contributed by atoms with Gasteiger partial charge in [0.25, 0.3) is 5.91 Å². The molecule has 7 nitrogen and oxygen atoms in total. The van der Waals surface area contributed by atoms with Gasteiger partial charge >= 0.3 is 0 Å². The Morgan fingerprint density at radius 3 is 2.03 bits per heavy atom. The second-order valence-electron chi connectivity index (χ2n) is 6.80. The number of furan rings is 1. The third kappa shape index (κ3) is 5.51. The molecule has 1 amide bonds. The molecule has 1 heterocycles. The van der Waals surface area contributed by atoms with E-state index in [1.54, 1.807) is 40.6 Å². The number of carbonyl (C=O) groups is 1. The summed E-state index contributed by atoms with van der Waals surface area (Å²) in [6.45, 7) is 0.433. The summed E-state index contributed by atoms with van der Waals surface area (Å²) in [4.78, 5) is 12.5. The summed E-state index contributed by atoms with van der Waals surface area (Å²) in [5, 5.41) is 2.88. The lowest BCUT2D eigenvalue weighted by molar-refractivity contribution is 0.0924. The lowest BCUT2D eigenvalue weighted by atomic mass is 10.1. The maximum Gasteiger partial charge on any atom is 0.287 e. The van der Waals surface area contributed by atoms with Crippen LogP contribution in [-0.4, -0.2) is 40.9 Å². The molecule has 0 radical (unpaired) electrons. The summed E-state index contributed by atoms with van der Waals surface area (Å²) in [6.07, 6.45) is 1.08. The standard InChI is InChI=1S/C24H27NO6/c1-27-18-5-8-21(29-3)16(13-18)11-12-25-24(26)23-10-7-20(31-23)15-17-14-19(28-2)6-9-22(17)30-4/h5-10,13-14H,11-12,15H2,1-4H3,(H,25,26). The van der Waals surface area contributed by atoms with Crippen LogP contribution in [0.1, 0.15) is 27.4 Å². The van der Waals surface area contributed by atoms with Crippen molar-refractivity contribution in [3.05, 3.63) is 71.2 Å². The molecule has 0 aliphatic carbocycles. The Labute approximate surface area is 181 Å². The molecule has 0 unspecified atom stereocenters. The Balaban J connectivity index is 1.61. The Bertz CT molecular complexity index is 1030. The summed E-state index contributed by atoms with van der Waals surface area (Å²) >= 11 is 0. The number of hydrogen-bond donors (Lipinski definition) is 1. The molecule has 31 heavy (non-hydrogen) atoms. The molecule has 0 fully saturated rings. The van der Waals surface area contributed by atoms with Crippen molar-refractivity contribution in [1.82, 2.24) is 5.32 Å². The lowest BCUT2D eigenvalue weighted by Gasteiger charge is -2.11. The zero-order valence-electron chi connectivity index (χ0n) is 18.2. The van der Waals surface area contributed by atoms with Crippen molar-refractivity contribution in [1.29, 1.82) is 0 Å². The van der Waals surface area contributed by atoms with Crippen LogP contribution >= 0.6 is 0 Å². The van der Waals surface area contributed by atoms with Crippen molar-refractivity contribution in [2.45, 2.75) is 12.8 Å². The number of rotatable bonds is 10. The van der Waals surface area contributed by atoms with Crippen LogP contribution < -0.4 is 24.3 Å². The molecule has 0 spiro atoms. The highest BCUT2D eigenvalue weighted by Crippen LogP contribution is 2.27. The molecule has 0 aliphatic rings. The molecule has 0 aliphatic heterocycles. The highest BCUT2D eigenvalue weighted by atomic mass is 16.5. The lowest BCUT2D eigenvalue weighted by Crippen LogP contribution is -2.25. The van der Waals surface area contributed by atoms with E-state index < -0.39 is 0 Å². The first-order valence-corrected chi connectivity index (χ1v) is 9.86. The van der Waals surface area contributed by atoms with Crippen molar-refractivity contribution in [3.8, 4) is 23.0 Å². The number of ether oxygens (including phenoxy) is 4. The van der Waals surface area contributed by atoms with Crippen molar-refractivity contribution in [2.24, 2.45) is 0 Å². The molecule has 0 saturated heterocycles. The second-order valence-corrected chi connectivity index (χ2v) is 6.80. The molecule has 3 aromatic rings. The molecule has 1 aromatic heterocycles. The molecular weight excluding hydrogens is 398 g/mol. The number of methoxy groups -OCH3 is 4. The molecule has 0 atom stereocenters. The molecule has 7 heteroatoms. The SMILES string of the molecule is COc1ccc(OC)c(CCNC(=O)c2ccc(Cc3cc(OC)ccc3OC)o2)c1. The van der Waals surface area contributed by atoms with Gasteiger partial charge < -0.3 is 28.7 Å². The van der Waals surface area contributed by atoms with E-state index in [4.69, 9.17) is 23.4 Å². The smallest absolute Gasteiger partial charge is 0.287 e. The van der Waals surface area contributed by atoms with Gasteiger partial charge in [0.05, 0.1) is 28.4 Å². The summed E-state index contributed by atoms with van der Waals surface area (Å²) in [6, 6.07) is 14.6. The van der Waals surface area contributed by atoms with Crippen LogP contribution in [0.2, 0.25) is 0 Å². The first-order chi connectivity index (χ1) is 15.1. The van der Waals surface area contributed by atoms with Crippen LogP contribution in [0.25, 0.3) is 0 Å². The zero-order chi connectivity index (χ0) is 22.2. The fraction of sp³-hybridized carbons (Fsp3) is 0.292. The van der Waals surface area contributed by atoms with Crippen LogP contribution in [0.5, 0.6) is 23.0 Å². The number of carbonyl (C=O) groups excluding carboxylic acids is 1. The van der Waals surface area contributed by atoms with Crippen molar-refractivity contribution in [3.63, 3.8) is 0 Å². The molecule has 0 bridgehead atoms. The third-order valence-corrected chi connectivity index (χ3v) is 4.91. The first-order valence-electron chi connectivity index (χ1n) is 9.86. The van der Waals surface area contributed by atoms with Crippen LogP contribution in [0, 0.1) is 0 Å². The molecule has 1 N–H and O–H groups in total. The van der Waals surface area contributed by atoms with Gasteiger partial charge in [-0.25, -0.2) is 0 Å². The van der Waals surface area contributed by atoms with E-state index in [0.717, 1.165) is 34.1 Å². The Hall–Kier alpha value is -3.61. The van der Waals surface area contributed by atoms with Gasteiger partial charge in [-0.3, -0.25) is 4.79 Å². The summed E-state index contributed by atoms with van der Waals surface area (Å²) in [5.41, 5.74) is 1.86. The minimum absolute atomic E-state index is 0.259. The normalized spacial score (nSPS) is 10.5. The average Bonchev–Trinajstić information content (AvgIpc) is 3.27. The Kier molecular flexibility index (Phi) is 7.43. The number of benzene rings is 2. The van der Waals surface area contributed by atoms with Crippen molar-refractivity contribution >= 4 is 5.91 Å². The van der Waals surface area contributed by atoms with E-state index in [9.17, 15) is 4.79 Å². The second kappa shape index (κ2) is 10.4. The van der Waals surface area contributed by atoms with Gasteiger partial charge in [0.1, 0.15) is 28.8 Å². The summed E-state index contributed by atoms with van der Waals surface area (Å²) in [5.74, 6) is 3.60. The average molecular weight is 425 g/mol. The van der Waals surface area contributed by atoms with Crippen LogP contribution in [0.15, 0.2) is 52.9 Å². The predicted molar refractivity (Wildman–Crippen MR) is 117 cm³/mol. The third-order valence-electron chi connectivity index (χ3n) is 4.91. The highest BCUT2D eigenvalue weighted by molar-refractivity contribution is 5.91. The maximum atomic E-state index is 12.5. The van der Waals surface area contributed by atoms with Gasteiger partial charge in [-0.05, 0) is 60.5 Å². The first kappa shape index (κ1) is 22.1. The van der Waals surface area contributed by atoms with E-state index in [1.807, 2.05) is 36.4 Å². The fourth-order valence-corrected chi connectivity index (χ4v) is 3.28. The fourth-order valence-electron chi connectivity index (χ4n) is 3.28. The number of amides is 1. The van der Waals surface area contributed by atoms with Gasteiger partial charge in [-0.15, -0.1) is 0 Å². The largest absolute Gasteiger partial charge is 0.497 e. The van der Waals surface area contributed by atoms with E-state index in [1.165, 1.54) is 0 Å². The number of hydrogen-bond acceptors (Lipinski definition) is 6. The van der Waals surface area contributed by atoms with Crippen LogP contribution in [0.3, 0.4) is 0 Å². The van der Waals surface area contributed by atoms with Crippen LogP contribution in [-0.2, 0) is 12.8 Å². The Morgan fingerprint density at radius 2 is 1.42 bits per heavy atom. The van der Waals surface area contributed by atoms with E-state index in [0.29, 0.717) is 25.1 Å². The van der Waals surface area contributed by atoms with Crippen LogP contribution in [0.4, 0.5) is 0 Å². The minimum atomic E-state index is -0.272. The maximum absolute atomic E-state index is 12.5. The van der Waals surface area contributed by atoms with Crippen molar-refractivity contribution in [2.75, 3.05) is 35.0 Å². The molecule has 3 rings (SSSR count). The molecule has 2 aromatic carbocycles. The molecular formula is C24H27NO6.